The summed E-state index contributed by atoms with van der Waals surface area (Å²) in [5.41, 5.74) is 0. The van der Waals surface area contributed by atoms with Gasteiger partial charge < -0.3 is 5.32 Å². The van der Waals surface area contributed by atoms with E-state index in [9.17, 15) is 8.42 Å². The van der Waals surface area contributed by atoms with Crippen LogP contribution in [-0.4, -0.2) is 28.6 Å². The highest BCUT2D eigenvalue weighted by atomic mass is 32.2. The van der Waals surface area contributed by atoms with E-state index < -0.39 is 10.0 Å². The van der Waals surface area contributed by atoms with Gasteiger partial charge in [-0.2, -0.15) is 0 Å². The molecule has 0 bridgehead atoms. The summed E-state index contributed by atoms with van der Waals surface area (Å²) in [4.78, 5) is 0.312. The van der Waals surface area contributed by atoms with Crippen LogP contribution in [0.25, 0.3) is 0 Å². The minimum absolute atomic E-state index is 0.267. The zero-order chi connectivity index (χ0) is 12.0. The molecule has 90 valence electrons. The molecule has 0 radical (unpaired) electrons. The van der Waals surface area contributed by atoms with Crippen LogP contribution < -0.4 is 10.0 Å². The Morgan fingerprint density at radius 2 is 1.81 bits per heavy atom. The Morgan fingerprint density at radius 3 is 2.38 bits per heavy atom. The lowest BCUT2D eigenvalue weighted by Gasteiger charge is -2.12. The molecule has 2 N–H and O–H groups in total. The van der Waals surface area contributed by atoms with Crippen LogP contribution in [-0.2, 0) is 10.0 Å². The summed E-state index contributed by atoms with van der Waals surface area (Å²) in [6, 6.07) is 8.40. The van der Waals surface area contributed by atoms with E-state index in [4.69, 9.17) is 0 Å². The fraction of sp³-hybridized carbons (Fsp3) is 0.455. The molecule has 0 spiro atoms. The van der Waals surface area contributed by atoms with Gasteiger partial charge in [-0.05, 0) is 31.6 Å². The highest BCUT2D eigenvalue weighted by molar-refractivity contribution is 7.89. The molecule has 16 heavy (non-hydrogen) atoms. The maximum absolute atomic E-state index is 11.8. The van der Waals surface area contributed by atoms with E-state index in [1.165, 1.54) is 0 Å². The lowest BCUT2D eigenvalue weighted by molar-refractivity contribution is 0.519. The Hall–Kier alpha value is -0.910. The van der Waals surface area contributed by atoms with Gasteiger partial charge in [-0.3, -0.25) is 0 Å². The largest absolute Gasteiger partial charge is 0.319 e. The fourth-order valence-electron chi connectivity index (χ4n) is 1.36. The third kappa shape index (κ3) is 3.92. The van der Waals surface area contributed by atoms with Gasteiger partial charge in [0, 0.05) is 6.54 Å². The van der Waals surface area contributed by atoms with E-state index in [2.05, 4.69) is 10.0 Å². The number of sulfonamides is 1. The van der Waals surface area contributed by atoms with Gasteiger partial charge >= 0.3 is 0 Å². The average Bonchev–Trinajstić information content (AvgIpc) is 2.28. The van der Waals surface area contributed by atoms with Crippen LogP contribution in [0.3, 0.4) is 0 Å². The Balaban J connectivity index is 2.60. The normalized spacial score (nSPS) is 13.6. The Kier molecular flexibility index (Phi) is 4.92. The number of nitrogens with one attached hydrogen (secondary N) is 2. The number of benzene rings is 1. The molecular formula is C11H18N2O2S. The molecule has 0 saturated heterocycles. The van der Waals surface area contributed by atoms with Crippen molar-refractivity contribution in [1.29, 1.82) is 0 Å². The molecule has 0 heterocycles. The second-order valence-corrected chi connectivity index (χ2v) is 5.59. The van der Waals surface area contributed by atoms with Crippen molar-refractivity contribution in [2.45, 2.75) is 11.8 Å². The van der Waals surface area contributed by atoms with Crippen LogP contribution in [0.1, 0.15) is 6.92 Å². The molecule has 0 aliphatic carbocycles. The van der Waals surface area contributed by atoms with Crippen LogP contribution in [0.4, 0.5) is 0 Å². The van der Waals surface area contributed by atoms with Crippen LogP contribution >= 0.6 is 0 Å². The zero-order valence-corrected chi connectivity index (χ0v) is 10.4. The van der Waals surface area contributed by atoms with E-state index in [-0.39, 0.29) is 5.92 Å². The van der Waals surface area contributed by atoms with Gasteiger partial charge in [0.15, 0.2) is 0 Å². The van der Waals surface area contributed by atoms with Crippen molar-refractivity contribution >= 4 is 10.0 Å². The summed E-state index contributed by atoms with van der Waals surface area (Å²) in [5, 5.41) is 3.01. The van der Waals surface area contributed by atoms with Gasteiger partial charge in [-0.1, -0.05) is 25.1 Å². The topological polar surface area (TPSA) is 58.2 Å². The Labute approximate surface area is 97.1 Å². The third-order valence-corrected chi connectivity index (χ3v) is 3.67. The summed E-state index contributed by atoms with van der Waals surface area (Å²) in [7, 11) is -1.50. The minimum Gasteiger partial charge on any atom is -0.319 e. The first-order valence-electron chi connectivity index (χ1n) is 5.25. The monoisotopic (exact) mass is 242 g/mol. The molecule has 0 amide bonds. The lowest BCUT2D eigenvalue weighted by atomic mass is 10.2. The summed E-state index contributed by atoms with van der Waals surface area (Å²) < 4.78 is 26.2. The number of hydrogen-bond donors (Lipinski definition) is 2. The van der Waals surface area contributed by atoms with Crippen molar-refractivity contribution in [3.05, 3.63) is 30.3 Å². The van der Waals surface area contributed by atoms with Crippen molar-refractivity contribution in [2.75, 3.05) is 20.1 Å². The molecule has 0 aromatic heterocycles. The Morgan fingerprint density at radius 1 is 1.19 bits per heavy atom. The van der Waals surface area contributed by atoms with Crippen LogP contribution in [0.15, 0.2) is 35.2 Å². The van der Waals surface area contributed by atoms with Gasteiger partial charge in [-0.15, -0.1) is 0 Å². The minimum atomic E-state index is -3.35. The number of rotatable bonds is 6. The molecule has 1 aromatic rings. The molecule has 1 atom stereocenters. The zero-order valence-electron chi connectivity index (χ0n) is 9.60. The van der Waals surface area contributed by atoms with Gasteiger partial charge in [0.05, 0.1) is 4.90 Å². The van der Waals surface area contributed by atoms with Crippen LogP contribution in [0.2, 0.25) is 0 Å². The number of hydrogen-bond acceptors (Lipinski definition) is 3. The second-order valence-electron chi connectivity index (χ2n) is 3.83. The maximum atomic E-state index is 11.8. The van der Waals surface area contributed by atoms with Crippen molar-refractivity contribution in [3.8, 4) is 0 Å². The SMILES string of the molecule is CNCC(C)CNS(=O)(=O)c1ccccc1. The predicted octanol–water partition coefficient (Wildman–Crippen LogP) is 0.820. The van der Waals surface area contributed by atoms with E-state index in [1.54, 1.807) is 30.3 Å². The van der Waals surface area contributed by atoms with E-state index in [1.807, 2.05) is 14.0 Å². The summed E-state index contributed by atoms with van der Waals surface area (Å²) in [5.74, 6) is 0.267. The van der Waals surface area contributed by atoms with Crippen molar-refractivity contribution < 1.29 is 8.42 Å². The van der Waals surface area contributed by atoms with E-state index in [0.29, 0.717) is 11.4 Å². The molecule has 0 saturated carbocycles. The van der Waals surface area contributed by atoms with E-state index >= 15 is 0 Å². The van der Waals surface area contributed by atoms with Crippen molar-refractivity contribution in [2.24, 2.45) is 5.92 Å². The standard InChI is InChI=1S/C11H18N2O2S/c1-10(8-12-2)9-13-16(14,15)11-6-4-3-5-7-11/h3-7,10,12-13H,8-9H2,1-2H3. The van der Waals surface area contributed by atoms with Gasteiger partial charge in [0.2, 0.25) is 10.0 Å². The smallest absolute Gasteiger partial charge is 0.240 e. The molecule has 1 unspecified atom stereocenters. The first-order chi connectivity index (χ1) is 7.56. The molecule has 5 heteroatoms. The molecule has 0 fully saturated rings. The quantitative estimate of drug-likeness (QED) is 0.776. The molecular weight excluding hydrogens is 224 g/mol. The lowest BCUT2D eigenvalue weighted by Crippen LogP contribution is -2.32. The average molecular weight is 242 g/mol. The maximum Gasteiger partial charge on any atom is 0.240 e. The molecule has 0 aliphatic rings. The Bertz CT molecular complexity index is 403. The molecule has 0 aliphatic heterocycles. The molecule has 4 nitrogen and oxygen atoms in total. The van der Waals surface area contributed by atoms with Crippen LogP contribution in [0, 0.1) is 5.92 Å². The highest BCUT2D eigenvalue weighted by Gasteiger charge is 2.13. The van der Waals surface area contributed by atoms with Crippen molar-refractivity contribution in [3.63, 3.8) is 0 Å². The van der Waals surface area contributed by atoms with Crippen molar-refractivity contribution in [1.82, 2.24) is 10.0 Å². The van der Waals surface area contributed by atoms with Crippen LogP contribution in [0.5, 0.6) is 0 Å². The second kappa shape index (κ2) is 5.98. The summed E-state index contributed by atoms with van der Waals surface area (Å²) >= 11 is 0. The molecule has 1 rings (SSSR count). The van der Waals surface area contributed by atoms with Gasteiger partial charge in [0.1, 0.15) is 0 Å². The summed E-state index contributed by atoms with van der Waals surface area (Å²) in [6.07, 6.45) is 0. The highest BCUT2D eigenvalue weighted by Crippen LogP contribution is 2.07. The summed E-state index contributed by atoms with van der Waals surface area (Å²) in [6.45, 7) is 3.22. The first-order valence-corrected chi connectivity index (χ1v) is 6.74. The van der Waals surface area contributed by atoms with E-state index in [0.717, 1.165) is 6.54 Å². The predicted molar refractivity (Wildman–Crippen MR) is 64.7 cm³/mol. The first kappa shape index (κ1) is 13.2. The fourth-order valence-corrected chi connectivity index (χ4v) is 2.54. The van der Waals surface area contributed by atoms with Gasteiger partial charge in [-0.25, -0.2) is 13.1 Å². The molecule has 1 aromatic carbocycles. The van der Waals surface area contributed by atoms with Gasteiger partial charge in [0.25, 0.3) is 0 Å². The third-order valence-electron chi connectivity index (χ3n) is 2.23.